The maximum atomic E-state index is 4.47. The molecule has 1 aliphatic heterocycles. The smallest absolute Gasteiger partial charge is 0.0926 e. The molecule has 2 N–H and O–H groups in total. The Kier molecular flexibility index (Phi) is 3.22. The number of aromatic nitrogens is 2. The Hall–Kier alpha value is -1.13. The maximum absolute atomic E-state index is 4.47. The van der Waals surface area contributed by atoms with E-state index in [0.717, 1.165) is 18.9 Å². The highest BCUT2D eigenvalue weighted by atomic mass is 32.1. The SMILES string of the molecule is CC(C)Cc1ccc([C@@H]2NCCc3[nH]cnc32)s1. The first-order valence-corrected chi connectivity index (χ1v) is 7.40. The molecular formula is C14H19N3S. The lowest BCUT2D eigenvalue weighted by Gasteiger charge is -2.21. The number of hydrogen-bond acceptors (Lipinski definition) is 3. The van der Waals surface area contributed by atoms with Crippen molar-refractivity contribution >= 4 is 11.3 Å². The van der Waals surface area contributed by atoms with E-state index in [4.69, 9.17) is 0 Å². The van der Waals surface area contributed by atoms with Crippen LogP contribution in [-0.2, 0) is 12.8 Å². The van der Waals surface area contributed by atoms with Crippen molar-refractivity contribution in [3.8, 4) is 0 Å². The summed E-state index contributed by atoms with van der Waals surface area (Å²) in [5, 5.41) is 3.57. The van der Waals surface area contributed by atoms with Gasteiger partial charge in [0.2, 0.25) is 0 Å². The van der Waals surface area contributed by atoms with Gasteiger partial charge in [-0.3, -0.25) is 0 Å². The van der Waals surface area contributed by atoms with E-state index in [2.05, 4.69) is 41.3 Å². The van der Waals surface area contributed by atoms with Crippen molar-refractivity contribution < 1.29 is 0 Å². The molecule has 0 unspecified atom stereocenters. The molecule has 3 heterocycles. The van der Waals surface area contributed by atoms with Crippen LogP contribution in [0.2, 0.25) is 0 Å². The molecule has 0 bridgehead atoms. The van der Waals surface area contributed by atoms with Gasteiger partial charge in [-0.15, -0.1) is 11.3 Å². The van der Waals surface area contributed by atoms with Crippen LogP contribution in [0.3, 0.4) is 0 Å². The van der Waals surface area contributed by atoms with Crippen molar-refractivity contribution in [2.75, 3.05) is 6.54 Å². The van der Waals surface area contributed by atoms with Gasteiger partial charge in [0.15, 0.2) is 0 Å². The molecule has 0 saturated heterocycles. The lowest BCUT2D eigenvalue weighted by atomic mass is 10.0. The summed E-state index contributed by atoms with van der Waals surface area (Å²) in [6.45, 7) is 5.56. The zero-order valence-corrected chi connectivity index (χ0v) is 11.7. The van der Waals surface area contributed by atoms with Crippen LogP contribution in [0.15, 0.2) is 18.5 Å². The van der Waals surface area contributed by atoms with E-state index >= 15 is 0 Å². The van der Waals surface area contributed by atoms with Gasteiger partial charge in [0, 0.05) is 28.4 Å². The van der Waals surface area contributed by atoms with E-state index in [1.807, 2.05) is 17.7 Å². The third-order valence-corrected chi connectivity index (χ3v) is 4.50. The van der Waals surface area contributed by atoms with Gasteiger partial charge >= 0.3 is 0 Å². The van der Waals surface area contributed by atoms with E-state index in [0.29, 0.717) is 0 Å². The van der Waals surface area contributed by atoms with Gasteiger partial charge < -0.3 is 10.3 Å². The number of rotatable bonds is 3. The molecule has 0 radical (unpaired) electrons. The van der Waals surface area contributed by atoms with Crippen LogP contribution >= 0.6 is 11.3 Å². The van der Waals surface area contributed by atoms with Crippen LogP contribution in [-0.4, -0.2) is 16.5 Å². The molecular weight excluding hydrogens is 242 g/mol. The zero-order chi connectivity index (χ0) is 12.5. The molecule has 0 amide bonds. The molecule has 0 spiro atoms. The van der Waals surface area contributed by atoms with Crippen LogP contribution < -0.4 is 5.32 Å². The summed E-state index contributed by atoms with van der Waals surface area (Å²) in [6, 6.07) is 4.80. The molecule has 18 heavy (non-hydrogen) atoms. The number of thiophene rings is 1. The molecule has 0 aromatic carbocycles. The van der Waals surface area contributed by atoms with Crippen molar-refractivity contribution in [2.24, 2.45) is 5.92 Å². The predicted octanol–water partition coefficient (Wildman–Crippen LogP) is 2.90. The Labute approximate surface area is 112 Å². The molecule has 2 aromatic heterocycles. The predicted molar refractivity (Wildman–Crippen MR) is 75.0 cm³/mol. The summed E-state index contributed by atoms with van der Waals surface area (Å²) < 4.78 is 0. The molecule has 4 heteroatoms. The minimum atomic E-state index is 0.283. The number of fused-ring (bicyclic) bond motifs is 1. The number of nitrogens with one attached hydrogen (secondary N) is 2. The minimum Gasteiger partial charge on any atom is -0.348 e. The largest absolute Gasteiger partial charge is 0.348 e. The Bertz CT molecular complexity index is 527. The summed E-state index contributed by atoms with van der Waals surface area (Å²) >= 11 is 1.92. The summed E-state index contributed by atoms with van der Waals surface area (Å²) in [6.07, 6.45) is 4.04. The molecule has 0 fully saturated rings. The number of H-pyrrole nitrogens is 1. The number of aromatic amines is 1. The monoisotopic (exact) mass is 261 g/mol. The summed E-state index contributed by atoms with van der Waals surface area (Å²) in [7, 11) is 0. The molecule has 0 aliphatic carbocycles. The average molecular weight is 261 g/mol. The molecule has 1 aliphatic rings. The van der Waals surface area contributed by atoms with Gasteiger partial charge in [-0.25, -0.2) is 4.98 Å². The quantitative estimate of drug-likeness (QED) is 0.892. The third kappa shape index (κ3) is 2.22. The van der Waals surface area contributed by atoms with Crippen LogP contribution in [0, 0.1) is 5.92 Å². The molecule has 1 atom stereocenters. The van der Waals surface area contributed by atoms with Crippen LogP contribution in [0.5, 0.6) is 0 Å². The molecule has 3 rings (SSSR count). The van der Waals surface area contributed by atoms with E-state index in [-0.39, 0.29) is 6.04 Å². The number of nitrogens with zero attached hydrogens (tertiary/aromatic N) is 1. The molecule has 96 valence electrons. The third-order valence-electron chi connectivity index (χ3n) is 3.32. The first kappa shape index (κ1) is 11.9. The highest BCUT2D eigenvalue weighted by Gasteiger charge is 2.24. The van der Waals surface area contributed by atoms with Gasteiger partial charge in [0.25, 0.3) is 0 Å². The van der Waals surface area contributed by atoms with Crippen molar-refractivity contribution in [1.82, 2.24) is 15.3 Å². The van der Waals surface area contributed by atoms with Crippen LogP contribution in [0.1, 0.15) is 41.0 Å². The second-order valence-electron chi connectivity index (χ2n) is 5.31. The fraction of sp³-hybridized carbons (Fsp3) is 0.500. The Morgan fingerprint density at radius 2 is 2.33 bits per heavy atom. The van der Waals surface area contributed by atoms with Gasteiger partial charge in [-0.05, 0) is 24.5 Å². The average Bonchev–Trinajstić information content (AvgIpc) is 2.95. The summed E-state index contributed by atoms with van der Waals surface area (Å²) in [5.74, 6) is 0.719. The fourth-order valence-corrected chi connectivity index (χ4v) is 3.82. The van der Waals surface area contributed by atoms with Crippen molar-refractivity contribution in [3.63, 3.8) is 0 Å². The summed E-state index contributed by atoms with van der Waals surface area (Å²) in [5.41, 5.74) is 2.47. The standard InChI is InChI=1S/C14H19N3S/c1-9(2)7-10-3-4-12(18-10)14-13-11(5-6-15-14)16-8-17-13/h3-4,8-9,14-15H,5-7H2,1-2H3,(H,16,17)/t14-/m0/s1. The normalized spacial score (nSPS) is 19.2. The topological polar surface area (TPSA) is 40.7 Å². The highest BCUT2D eigenvalue weighted by Crippen LogP contribution is 2.31. The van der Waals surface area contributed by atoms with Crippen LogP contribution in [0.4, 0.5) is 0 Å². The summed E-state index contributed by atoms with van der Waals surface area (Å²) in [4.78, 5) is 10.6. The number of imidazole rings is 1. The first-order chi connectivity index (χ1) is 8.74. The Morgan fingerprint density at radius 1 is 1.44 bits per heavy atom. The highest BCUT2D eigenvalue weighted by molar-refractivity contribution is 7.12. The lowest BCUT2D eigenvalue weighted by Crippen LogP contribution is -2.30. The van der Waals surface area contributed by atoms with Crippen molar-refractivity contribution in [1.29, 1.82) is 0 Å². The maximum Gasteiger partial charge on any atom is 0.0926 e. The number of hydrogen-bond donors (Lipinski definition) is 2. The second-order valence-corrected chi connectivity index (χ2v) is 6.51. The van der Waals surface area contributed by atoms with Crippen molar-refractivity contribution in [2.45, 2.75) is 32.7 Å². The van der Waals surface area contributed by atoms with E-state index in [1.54, 1.807) is 0 Å². The van der Waals surface area contributed by atoms with Crippen LogP contribution in [0.25, 0.3) is 0 Å². The molecule has 0 saturated carbocycles. The van der Waals surface area contributed by atoms with E-state index in [9.17, 15) is 0 Å². The minimum absolute atomic E-state index is 0.283. The fourth-order valence-electron chi connectivity index (χ4n) is 2.52. The Morgan fingerprint density at radius 3 is 3.17 bits per heavy atom. The van der Waals surface area contributed by atoms with E-state index in [1.165, 1.54) is 27.6 Å². The Balaban J connectivity index is 1.86. The molecule has 2 aromatic rings. The van der Waals surface area contributed by atoms with E-state index < -0.39 is 0 Å². The van der Waals surface area contributed by atoms with Crippen molar-refractivity contribution in [3.05, 3.63) is 39.6 Å². The first-order valence-electron chi connectivity index (χ1n) is 6.58. The van der Waals surface area contributed by atoms with Gasteiger partial charge in [-0.1, -0.05) is 13.8 Å². The molecule has 3 nitrogen and oxygen atoms in total. The second kappa shape index (κ2) is 4.86. The lowest BCUT2D eigenvalue weighted by molar-refractivity contribution is 0.560. The van der Waals surface area contributed by atoms with Gasteiger partial charge in [-0.2, -0.15) is 0 Å². The van der Waals surface area contributed by atoms with Gasteiger partial charge in [0.05, 0.1) is 18.1 Å². The zero-order valence-electron chi connectivity index (χ0n) is 10.9. The van der Waals surface area contributed by atoms with Gasteiger partial charge in [0.1, 0.15) is 0 Å².